The number of aryl methyl sites for hydroxylation is 1. The first-order chi connectivity index (χ1) is 7.31. The van der Waals surface area contributed by atoms with Gasteiger partial charge < -0.3 is 9.73 Å². The smallest absolute Gasteiger partial charge is 0.194 e. The number of oxazole rings is 1. The SMILES string of the molecule is CCNCCCc1ncc(C2CC2C)o1. The van der Waals surface area contributed by atoms with Crippen LogP contribution >= 0.6 is 0 Å². The minimum atomic E-state index is 0.653. The minimum Gasteiger partial charge on any atom is -0.445 e. The third kappa shape index (κ3) is 2.81. The average Bonchev–Trinajstić information content (AvgIpc) is 2.80. The van der Waals surface area contributed by atoms with Crippen molar-refractivity contribution in [3.63, 3.8) is 0 Å². The largest absolute Gasteiger partial charge is 0.445 e. The molecule has 0 radical (unpaired) electrons. The highest BCUT2D eigenvalue weighted by Crippen LogP contribution is 2.46. The monoisotopic (exact) mass is 208 g/mol. The highest BCUT2D eigenvalue weighted by atomic mass is 16.4. The van der Waals surface area contributed by atoms with E-state index in [0.29, 0.717) is 5.92 Å². The quantitative estimate of drug-likeness (QED) is 0.729. The van der Waals surface area contributed by atoms with Crippen LogP contribution < -0.4 is 5.32 Å². The van der Waals surface area contributed by atoms with Crippen molar-refractivity contribution in [3.05, 3.63) is 17.8 Å². The van der Waals surface area contributed by atoms with E-state index in [0.717, 1.165) is 43.5 Å². The number of hydrogen-bond donors (Lipinski definition) is 1. The molecule has 0 aliphatic heterocycles. The van der Waals surface area contributed by atoms with Gasteiger partial charge in [-0.15, -0.1) is 0 Å². The summed E-state index contributed by atoms with van der Waals surface area (Å²) in [6, 6.07) is 0. The molecule has 0 spiro atoms. The lowest BCUT2D eigenvalue weighted by Crippen LogP contribution is -2.14. The van der Waals surface area contributed by atoms with Crippen LogP contribution in [0.1, 0.15) is 44.3 Å². The lowest BCUT2D eigenvalue weighted by Gasteiger charge is -1.98. The Kier molecular flexibility index (Phi) is 3.41. The van der Waals surface area contributed by atoms with E-state index in [9.17, 15) is 0 Å². The molecular weight excluding hydrogens is 188 g/mol. The number of hydrogen-bond acceptors (Lipinski definition) is 3. The van der Waals surface area contributed by atoms with E-state index in [1.807, 2.05) is 6.20 Å². The normalized spacial score (nSPS) is 24.4. The molecule has 84 valence electrons. The predicted molar refractivity (Wildman–Crippen MR) is 59.9 cm³/mol. The summed E-state index contributed by atoms with van der Waals surface area (Å²) in [6.07, 6.45) is 5.24. The van der Waals surface area contributed by atoms with E-state index in [-0.39, 0.29) is 0 Å². The van der Waals surface area contributed by atoms with E-state index in [4.69, 9.17) is 4.42 Å². The van der Waals surface area contributed by atoms with Crippen LogP contribution in [-0.4, -0.2) is 18.1 Å². The van der Waals surface area contributed by atoms with Gasteiger partial charge in [0.1, 0.15) is 5.76 Å². The fourth-order valence-electron chi connectivity index (χ4n) is 1.87. The fraction of sp³-hybridized carbons (Fsp3) is 0.750. The van der Waals surface area contributed by atoms with Gasteiger partial charge in [0.25, 0.3) is 0 Å². The second kappa shape index (κ2) is 4.79. The molecular formula is C12H20N2O. The van der Waals surface area contributed by atoms with Crippen molar-refractivity contribution >= 4 is 0 Å². The summed E-state index contributed by atoms with van der Waals surface area (Å²) in [6.45, 7) is 6.47. The number of nitrogens with one attached hydrogen (secondary N) is 1. The van der Waals surface area contributed by atoms with Crippen molar-refractivity contribution in [2.75, 3.05) is 13.1 Å². The van der Waals surface area contributed by atoms with Crippen molar-refractivity contribution in [1.82, 2.24) is 10.3 Å². The zero-order valence-electron chi connectivity index (χ0n) is 9.62. The third-order valence-electron chi connectivity index (χ3n) is 3.04. The van der Waals surface area contributed by atoms with Gasteiger partial charge in [0.05, 0.1) is 6.20 Å². The predicted octanol–water partition coefficient (Wildman–Crippen LogP) is 2.34. The molecule has 0 amide bonds. The number of nitrogens with zero attached hydrogens (tertiary/aromatic N) is 1. The second-order valence-corrected chi connectivity index (χ2v) is 4.43. The first-order valence-electron chi connectivity index (χ1n) is 5.96. The molecule has 2 rings (SSSR count). The maximum Gasteiger partial charge on any atom is 0.194 e. The maximum absolute atomic E-state index is 5.72. The molecule has 3 heteroatoms. The number of rotatable bonds is 6. The van der Waals surface area contributed by atoms with Crippen LogP contribution in [0.4, 0.5) is 0 Å². The Hall–Kier alpha value is -0.830. The minimum absolute atomic E-state index is 0.653. The molecule has 1 aromatic rings. The Bertz CT molecular complexity index is 308. The molecule has 1 saturated carbocycles. The Labute approximate surface area is 91.3 Å². The van der Waals surface area contributed by atoms with Gasteiger partial charge in [0, 0.05) is 12.3 Å². The Morgan fingerprint density at radius 2 is 2.40 bits per heavy atom. The summed E-state index contributed by atoms with van der Waals surface area (Å²) >= 11 is 0. The Balaban J connectivity index is 1.75. The zero-order valence-corrected chi connectivity index (χ0v) is 9.62. The Morgan fingerprint density at radius 3 is 3.07 bits per heavy atom. The molecule has 1 N–H and O–H groups in total. The highest BCUT2D eigenvalue weighted by Gasteiger charge is 2.36. The summed E-state index contributed by atoms with van der Waals surface area (Å²) in [5.41, 5.74) is 0. The van der Waals surface area contributed by atoms with Gasteiger partial charge in [-0.3, -0.25) is 0 Å². The van der Waals surface area contributed by atoms with Crippen LogP contribution in [0.5, 0.6) is 0 Å². The highest BCUT2D eigenvalue weighted by molar-refractivity contribution is 5.11. The molecule has 1 aliphatic rings. The van der Waals surface area contributed by atoms with E-state index < -0.39 is 0 Å². The average molecular weight is 208 g/mol. The standard InChI is InChI=1S/C12H20N2O/c1-3-13-6-4-5-12-14-8-11(15-12)10-7-9(10)2/h8-10,13H,3-7H2,1-2H3. The lowest BCUT2D eigenvalue weighted by atomic mass is 10.3. The van der Waals surface area contributed by atoms with Crippen LogP contribution in [0.25, 0.3) is 0 Å². The van der Waals surface area contributed by atoms with Crippen molar-refractivity contribution in [2.24, 2.45) is 5.92 Å². The van der Waals surface area contributed by atoms with Crippen LogP contribution in [0.2, 0.25) is 0 Å². The van der Waals surface area contributed by atoms with Crippen molar-refractivity contribution in [3.8, 4) is 0 Å². The topological polar surface area (TPSA) is 38.1 Å². The van der Waals surface area contributed by atoms with Gasteiger partial charge in [-0.1, -0.05) is 13.8 Å². The molecule has 1 aromatic heterocycles. The molecule has 0 bridgehead atoms. The van der Waals surface area contributed by atoms with E-state index in [1.54, 1.807) is 0 Å². The fourth-order valence-corrected chi connectivity index (χ4v) is 1.87. The van der Waals surface area contributed by atoms with Crippen LogP contribution in [0, 0.1) is 5.92 Å². The van der Waals surface area contributed by atoms with Crippen molar-refractivity contribution in [1.29, 1.82) is 0 Å². The molecule has 0 saturated heterocycles. The summed E-state index contributed by atoms with van der Waals surface area (Å²) in [5, 5.41) is 3.30. The van der Waals surface area contributed by atoms with E-state index in [1.165, 1.54) is 6.42 Å². The van der Waals surface area contributed by atoms with E-state index >= 15 is 0 Å². The van der Waals surface area contributed by atoms with Crippen LogP contribution in [-0.2, 0) is 6.42 Å². The van der Waals surface area contributed by atoms with Gasteiger partial charge in [0.2, 0.25) is 0 Å². The molecule has 0 aromatic carbocycles. The van der Waals surface area contributed by atoms with Crippen molar-refractivity contribution < 1.29 is 4.42 Å². The zero-order chi connectivity index (χ0) is 10.7. The molecule has 2 atom stereocenters. The van der Waals surface area contributed by atoms with Gasteiger partial charge >= 0.3 is 0 Å². The molecule has 1 heterocycles. The van der Waals surface area contributed by atoms with Crippen LogP contribution in [0.3, 0.4) is 0 Å². The second-order valence-electron chi connectivity index (χ2n) is 4.43. The number of aromatic nitrogens is 1. The summed E-state index contributed by atoms with van der Waals surface area (Å²) < 4.78 is 5.72. The van der Waals surface area contributed by atoms with E-state index in [2.05, 4.69) is 24.1 Å². The van der Waals surface area contributed by atoms with Crippen LogP contribution in [0.15, 0.2) is 10.6 Å². The summed E-state index contributed by atoms with van der Waals surface area (Å²) in [5.74, 6) is 3.45. The Morgan fingerprint density at radius 1 is 1.60 bits per heavy atom. The molecule has 1 aliphatic carbocycles. The first kappa shape index (κ1) is 10.7. The van der Waals surface area contributed by atoms with Gasteiger partial charge in [0.15, 0.2) is 5.89 Å². The lowest BCUT2D eigenvalue weighted by molar-refractivity contribution is 0.444. The first-order valence-corrected chi connectivity index (χ1v) is 5.96. The van der Waals surface area contributed by atoms with Gasteiger partial charge in [-0.2, -0.15) is 0 Å². The molecule has 15 heavy (non-hydrogen) atoms. The summed E-state index contributed by atoms with van der Waals surface area (Å²) in [7, 11) is 0. The summed E-state index contributed by atoms with van der Waals surface area (Å²) in [4.78, 5) is 4.32. The van der Waals surface area contributed by atoms with Gasteiger partial charge in [-0.05, 0) is 31.8 Å². The third-order valence-corrected chi connectivity index (χ3v) is 3.04. The molecule has 3 nitrogen and oxygen atoms in total. The van der Waals surface area contributed by atoms with Crippen molar-refractivity contribution in [2.45, 2.75) is 39.0 Å². The van der Waals surface area contributed by atoms with Gasteiger partial charge in [-0.25, -0.2) is 4.98 Å². The maximum atomic E-state index is 5.72. The molecule has 2 unspecified atom stereocenters. The molecule has 1 fully saturated rings.